The lowest BCUT2D eigenvalue weighted by molar-refractivity contribution is 0.642. The number of nitrogens with one attached hydrogen (secondary N) is 1. The fourth-order valence-corrected chi connectivity index (χ4v) is 2.67. The molecule has 0 atom stereocenters. The molecule has 1 N–H and O–H groups in total. The van der Waals surface area contributed by atoms with E-state index in [2.05, 4.69) is 34.0 Å². The van der Waals surface area contributed by atoms with Gasteiger partial charge in [-0.2, -0.15) is 0 Å². The Labute approximate surface area is 135 Å². The molecule has 3 rings (SSSR count). The van der Waals surface area contributed by atoms with E-state index in [1.54, 1.807) is 0 Å². The first-order chi connectivity index (χ1) is 10.8. The molecule has 0 aliphatic rings. The lowest BCUT2D eigenvalue weighted by Gasteiger charge is -2.05. The van der Waals surface area contributed by atoms with Crippen LogP contribution in [0.1, 0.15) is 6.92 Å². The summed E-state index contributed by atoms with van der Waals surface area (Å²) in [5.41, 5.74) is 2.13. The molecule has 0 radical (unpaired) electrons. The van der Waals surface area contributed by atoms with E-state index in [4.69, 9.17) is 12.2 Å². The van der Waals surface area contributed by atoms with E-state index in [9.17, 15) is 0 Å². The summed E-state index contributed by atoms with van der Waals surface area (Å²) >= 11 is 5.55. The number of hydrogen-bond donors (Lipinski definition) is 1. The molecule has 1 aromatic heterocycles. The van der Waals surface area contributed by atoms with E-state index in [0.717, 1.165) is 28.4 Å². The van der Waals surface area contributed by atoms with Crippen molar-refractivity contribution in [3.05, 3.63) is 65.4 Å². The summed E-state index contributed by atoms with van der Waals surface area (Å²) in [5.74, 6) is 0.906. The lowest BCUT2D eigenvalue weighted by Crippen LogP contribution is -2.10. The number of hydrogen-bond acceptors (Lipinski definition) is 3. The predicted molar refractivity (Wildman–Crippen MR) is 92.2 cm³/mol. The summed E-state index contributed by atoms with van der Waals surface area (Å²) in [6, 6.07) is 20.2. The number of para-hydroxylation sites is 1. The Bertz CT molecular complexity index is 791. The maximum absolute atomic E-state index is 5.55. The molecule has 5 heteroatoms. The third-order valence-electron chi connectivity index (χ3n) is 3.48. The lowest BCUT2D eigenvalue weighted by atomic mass is 10.2. The third-order valence-corrected chi connectivity index (χ3v) is 3.91. The summed E-state index contributed by atoms with van der Waals surface area (Å²) in [5, 5.41) is 8.02. The van der Waals surface area contributed by atoms with Crippen molar-refractivity contribution in [2.75, 3.05) is 5.32 Å². The van der Waals surface area contributed by atoms with Gasteiger partial charge < -0.3 is 9.88 Å². The largest absolute Gasteiger partial charge is 0.366 e. The standard InChI is InChI=1S/C17H18N4S/c1-2-20-16(14-9-5-3-6-10-14)19-21(17(20)22)13-18-15-11-7-4-8-12-15/h3-12,18H,2,13H2,1H3. The molecule has 0 spiro atoms. The van der Waals surface area contributed by atoms with Crippen LogP contribution < -0.4 is 5.32 Å². The van der Waals surface area contributed by atoms with Gasteiger partial charge in [0.1, 0.15) is 6.67 Å². The van der Waals surface area contributed by atoms with Crippen LogP contribution in [-0.2, 0) is 13.2 Å². The number of aromatic nitrogens is 3. The number of nitrogens with zero attached hydrogens (tertiary/aromatic N) is 3. The van der Waals surface area contributed by atoms with Crippen molar-refractivity contribution >= 4 is 17.9 Å². The minimum atomic E-state index is 0.551. The highest BCUT2D eigenvalue weighted by Gasteiger charge is 2.10. The van der Waals surface area contributed by atoms with Crippen LogP contribution in [0.5, 0.6) is 0 Å². The maximum atomic E-state index is 5.55. The van der Waals surface area contributed by atoms with Crippen LogP contribution in [0, 0.1) is 4.77 Å². The molecule has 3 aromatic rings. The molecule has 1 heterocycles. The van der Waals surface area contributed by atoms with Gasteiger partial charge in [-0.15, -0.1) is 5.10 Å². The zero-order chi connectivity index (χ0) is 15.4. The van der Waals surface area contributed by atoms with Gasteiger partial charge in [0.15, 0.2) is 10.6 Å². The second-order valence-electron chi connectivity index (χ2n) is 4.92. The van der Waals surface area contributed by atoms with E-state index in [1.165, 1.54) is 0 Å². The van der Waals surface area contributed by atoms with E-state index < -0.39 is 0 Å². The first-order valence-electron chi connectivity index (χ1n) is 7.31. The molecule has 4 nitrogen and oxygen atoms in total. The van der Waals surface area contributed by atoms with Gasteiger partial charge in [-0.3, -0.25) is 0 Å². The average Bonchev–Trinajstić information content (AvgIpc) is 2.90. The zero-order valence-corrected chi connectivity index (χ0v) is 13.3. The van der Waals surface area contributed by atoms with Gasteiger partial charge >= 0.3 is 0 Å². The topological polar surface area (TPSA) is 34.8 Å². The van der Waals surface area contributed by atoms with E-state index >= 15 is 0 Å². The average molecular weight is 310 g/mol. The van der Waals surface area contributed by atoms with Gasteiger partial charge in [0.2, 0.25) is 0 Å². The van der Waals surface area contributed by atoms with E-state index in [1.807, 2.05) is 53.2 Å². The van der Waals surface area contributed by atoms with Gasteiger partial charge in [0, 0.05) is 17.8 Å². The van der Waals surface area contributed by atoms with Crippen LogP contribution in [-0.4, -0.2) is 14.3 Å². The van der Waals surface area contributed by atoms with Gasteiger partial charge in [0.25, 0.3) is 0 Å². The molecular weight excluding hydrogens is 292 g/mol. The summed E-state index contributed by atoms with van der Waals surface area (Å²) in [6.45, 7) is 3.43. The third kappa shape index (κ3) is 2.94. The normalized spacial score (nSPS) is 10.6. The summed E-state index contributed by atoms with van der Waals surface area (Å²) in [7, 11) is 0. The number of anilines is 1. The van der Waals surface area contributed by atoms with Crippen molar-refractivity contribution in [1.82, 2.24) is 14.3 Å². The molecule has 22 heavy (non-hydrogen) atoms. The predicted octanol–water partition coefficient (Wildman–Crippen LogP) is 4.17. The summed E-state index contributed by atoms with van der Waals surface area (Å²) < 4.78 is 4.61. The van der Waals surface area contributed by atoms with Crippen molar-refractivity contribution in [2.45, 2.75) is 20.1 Å². The van der Waals surface area contributed by atoms with Gasteiger partial charge in [-0.05, 0) is 31.3 Å². The fourth-order valence-electron chi connectivity index (χ4n) is 2.35. The highest BCUT2D eigenvalue weighted by Crippen LogP contribution is 2.18. The maximum Gasteiger partial charge on any atom is 0.199 e. The van der Waals surface area contributed by atoms with Crippen LogP contribution >= 0.6 is 12.2 Å². The molecule has 0 saturated heterocycles. The smallest absolute Gasteiger partial charge is 0.199 e. The van der Waals surface area contributed by atoms with Gasteiger partial charge in [-0.1, -0.05) is 48.5 Å². The molecule has 0 aliphatic carbocycles. The van der Waals surface area contributed by atoms with Crippen LogP contribution in [0.3, 0.4) is 0 Å². The quantitative estimate of drug-likeness (QED) is 0.718. The Morgan fingerprint density at radius 3 is 2.27 bits per heavy atom. The van der Waals surface area contributed by atoms with Crippen molar-refractivity contribution in [3.63, 3.8) is 0 Å². The Hall–Kier alpha value is -2.40. The van der Waals surface area contributed by atoms with Crippen molar-refractivity contribution in [2.24, 2.45) is 0 Å². The number of benzene rings is 2. The Morgan fingerprint density at radius 1 is 1.00 bits per heavy atom. The molecule has 2 aromatic carbocycles. The molecule has 0 aliphatic heterocycles. The van der Waals surface area contributed by atoms with E-state index in [0.29, 0.717) is 6.67 Å². The second-order valence-corrected chi connectivity index (χ2v) is 5.28. The molecule has 0 fully saturated rings. The van der Waals surface area contributed by atoms with Crippen LogP contribution in [0.2, 0.25) is 0 Å². The van der Waals surface area contributed by atoms with Gasteiger partial charge in [-0.25, -0.2) is 4.68 Å². The molecular formula is C17H18N4S. The minimum Gasteiger partial charge on any atom is -0.366 e. The number of rotatable bonds is 5. The van der Waals surface area contributed by atoms with Crippen LogP contribution in [0.4, 0.5) is 5.69 Å². The van der Waals surface area contributed by atoms with Crippen LogP contribution in [0.15, 0.2) is 60.7 Å². The fraction of sp³-hybridized carbons (Fsp3) is 0.176. The van der Waals surface area contributed by atoms with E-state index in [-0.39, 0.29) is 0 Å². The molecule has 0 bridgehead atoms. The highest BCUT2D eigenvalue weighted by molar-refractivity contribution is 7.71. The molecule has 112 valence electrons. The summed E-state index contributed by atoms with van der Waals surface area (Å²) in [6.07, 6.45) is 0. The van der Waals surface area contributed by atoms with Crippen molar-refractivity contribution < 1.29 is 0 Å². The molecule has 0 amide bonds. The Kier molecular flexibility index (Phi) is 4.34. The van der Waals surface area contributed by atoms with Crippen molar-refractivity contribution in [1.29, 1.82) is 0 Å². The first kappa shape index (κ1) is 14.5. The highest BCUT2D eigenvalue weighted by atomic mass is 32.1. The second kappa shape index (κ2) is 6.58. The van der Waals surface area contributed by atoms with Crippen LogP contribution in [0.25, 0.3) is 11.4 Å². The molecule has 0 saturated carbocycles. The Morgan fingerprint density at radius 2 is 1.64 bits per heavy atom. The molecule has 0 unspecified atom stereocenters. The summed E-state index contributed by atoms with van der Waals surface area (Å²) in [4.78, 5) is 0. The van der Waals surface area contributed by atoms with Crippen molar-refractivity contribution in [3.8, 4) is 11.4 Å². The first-order valence-corrected chi connectivity index (χ1v) is 7.72. The SMILES string of the molecule is CCn1c(-c2ccccc2)nn(CNc2ccccc2)c1=S. The minimum absolute atomic E-state index is 0.551. The van der Waals surface area contributed by atoms with Gasteiger partial charge in [0.05, 0.1) is 0 Å². The Balaban J connectivity index is 1.90. The monoisotopic (exact) mass is 310 g/mol. The zero-order valence-electron chi connectivity index (χ0n) is 12.4.